The molecule has 0 aliphatic carbocycles. The Balaban J connectivity index is 2.19. The second-order valence-electron chi connectivity index (χ2n) is 5.66. The number of rotatable bonds is 2. The van der Waals surface area contributed by atoms with E-state index in [4.69, 9.17) is 34.8 Å². The van der Waals surface area contributed by atoms with Crippen molar-refractivity contribution in [1.29, 1.82) is 0 Å². The summed E-state index contributed by atoms with van der Waals surface area (Å²) in [6.07, 6.45) is 0. The van der Waals surface area contributed by atoms with E-state index in [0.29, 0.717) is 6.67 Å². The van der Waals surface area contributed by atoms with Crippen LogP contribution >= 0.6 is 46.8 Å². The highest BCUT2D eigenvalue weighted by molar-refractivity contribution is 8.03. The number of anilines is 1. The van der Waals surface area contributed by atoms with Gasteiger partial charge in [0.05, 0.1) is 6.67 Å². The minimum atomic E-state index is -1.59. The summed E-state index contributed by atoms with van der Waals surface area (Å²) in [4.78, 5) is 13.9. The van der Waals surface area contributed by atoms with Crippen LogP contribution in [0.3, 0.4) is 0 Å². The molecule has 4 nitrogen and oxygen atoms in total. The standard InChI is InChI=1S/C13H16Cl3N3OS/c1-12(2,3)9-5-4-6-10(7-9)18-8-17-19(11(18)20)21-13(14,15)16/h4-7,17H,8H2,1-3H3. The van der Waals surface area contributed by atoms with Crippen LogP contribution in [0, 0.1) is 0 Å². The van der Waals surface area contributed by atoms with Crippen molar-refractivity contribution in [1.82, 2.24) is 9.84 Å². The molecule has 2 amide bonds. The monoisotopic (exact) mass is 367 g/mol. The lowest BCUT2D eigenvalue weighted by molar-refractivity contribution is 0.236. The molecule has 1 aromatic carbocycles. The van der Waals surface area contributed by atoms with E-state index in [2.05, 4.69) is 26.2 Å². The van der Waals surface area contributed by atoms with Crippen molar-refractivity contribution >= 4 is 58.5 Å². The van der Waals surface area contributed by atoms with E-state index < -0.39 is 3.12 Å². The van der Waals surface area contributed by atoms with Gasteiger partial charge in [0.25, 0.3) is 3.12 Å². The highest BCUT2D eigenvalue weighted by Gasteiger charge is 2.36. The van der Waals surface area contributed by atoms with Gasteiger partial charge in [0, 0.05) is 17.6 Å². The molecule has 1 aromatic rings. The summed E-state index contributed by atoms with van der Waals surface area (Å²) in [6.45, 7) is 6.71. The molecule has 0 aromatic heterocycles. The number of benzene rings is 1. The van der Waals surface area contributed by atoms with E-state index >= 15 is 0 Å². The number of carbonyl (C=O) groups excluding carboxylic acids is 1. The molecular weight excluding hydrogens is 353 g/mol. The van der Waals surface area contributed by atoms with E-state index in [1.54, 1.807) is 4.90 Å². The van der Waals surface area contributed by atoms with Crippen LogP contribution in [-0.4, -0.2) is 20.2 Å². The maximum absolute atomic E-state index is 12.3. The van der Waals surface area contributed by atoms with Gasteiger partial charge in [-0.1, -0.05) is 67.7 Å². The second kappa shape index (κ2) is 6.05. The Kier molecular flexibility index (Phi) is 4.90. The summed E-state index contributed by atoms with van der Waals surface area (Å²) in [7, 11) is 0. The van der Waals surface area contributed by atoms with Gasteiger partial charge >= 0.3 is 6.03 Å². The molecule has 0 atom stereocenters. The molecule has 0 bridgehead atoms. The Labute approximate surface area is 143 Å². The number of urea groups is 1. The molecule has 116 valence electrons. The Hall–Kier alpha value is -0.330. The summed E-state index contributed by atoms with van der Waals surface area (Å²) in [5.74, 6) is 0. The van der Waals surface area contributed by atoms with E-state index in [0.717, 1.165) is 23.2 Å². The van der Waals surface area contributed by atoms with Gasteiger partial charge in [0.15, 0.2) is 0 Å². The second-order valence-corrected chi connectivity index (χ2v) is 9.77. The Morgan fingerprint density at radius 2 is 1.90 bits per heavy atom. The van der Waals surface area contributed by atoms with Crippen LogP contribution in [0.2, 0.25) is 0 Å². The number of alkyl halides is 3. The zero-order chi connectivity index (χ0) is 15.8. The molecule has 1 fully saturated rings. The van der Waals surface area contributed by atoms with Gasteiger partial charge < -0.3 is 0 Å². The van der Waals surface area contributed by atoms with Gasteiger partial charge in [-0.25, -0.2) is 4.79 Å². The molecular formula is C13H16Cl3N3OS. The fourth-order valence-electron chi connectivity index (χ4n) is 1.90. The van der Waals surface area contributed by atoms with Crippen molar-refractivity contribution in [2.75, 3.05) is 11.6 Å². The summed E-state index contributed by atoms with van der Waals surface area (Å²) in [5.41, 5.74) is 4.87. The fraction of sp³-hybridized carbons (Fsp3) is 0.462. The molecule has 1 aliphatic rings. The summed E-state index contributed by atoms with van der Waals surface area (Å²) >= 11 is 17.9. The van der Waals surface area contributed by atoms with Crippen LogP contribution in [0.5, 0.6) is 0 Å². The summed E-state index contributed by atoms with van der Waals surface area (Å²) in [6, 6.07) is 7.61. The van der Waals surface area contributed by atoms with Crippen LogP contribution in [0.4, 0.5) is 10.5 Å². The normalized spacial score (nSPS) is 16.8. The van der Waals surface area contributed by atoms with Gasteiger partial charge in [-0.3, -0.25) is 4.90 Å². The summed E-state index contributed by atoms with van der Waals surface area (Å²) < 4.78 is -0.358. The zero-order valence-electron chi connectivity index (χ0n) is 11.9. The minimum absolute atomic E-state index is 0.0121. The van der Waals surface area contributed by atoms with Crippen molar-refractivity contribution in [2.24, 2.45) is 0 Å². The zero-order valence-corrected chi connectivity index (χ0v) is 14.9. The molecule has 21 heavy (non-hydrogen) atoms. The molecule has 1 N–H and O–H groups in total. The number of amides is 2. The Morgan fingerprint density at radius 1 is 1.24 bits per heavy atom. The van der Waals surface area contributed by atoms with Crippen LogP contribution in [0.25, 0.3) is 0 Å². The maximum atomic E-state index is 12.3. The highest BCUT2D eigenvalue weighted by atomic mass is 35.6. The number of nitrogens with zero attached hydrogens (tertiary/aromatic N) is 2. The SMILES string of the molecule is CC(C)(C)c1cccc(N2CNN(SC(Cl)(Cl)Cl)C2=O)c1. The minimum Gasteiger partial charge on any atom is -0.278 e. The first-order chi connectivity index (χ1) is 9.58. The number of halogens is 3. The average molecular weight is 369 g/mol. The van der Waals surface area contributed by atoms with Crippen molar-refractivity contribution < 1.29 is 4.79 Å². The van der Waals surface area contributed by atoms with Gasteiger partial charge in [0.1, 0.15) is 0 Å². The Bertz CT molecular complexity index is 542. The molecule has 0 radical (unpaired) electrons. The number of hydrazine groups is 1. The quantitative estimate of drug-likeness (QED) is 0.609. The van der Waals surface area contributed by atoms with E-state index in [-0.39, 0.29) is 11.4 Å². The smallest absolute Gasteiger partial charge is 0.278 e. The maximum Gasteiger partial charge on any atom is 0.350 e. The average Bonchev–Trinajstić information content (AvgIpc) is 2.68. The van der Waals surface area contributed by atoms with Gasteiger partial charge in [-0.05, 0) is 23.1 Å². The largest absolute Gasteiger partial charge is 0.350 e. The molecule has 0 unspecified atom stereocenters. The van der Waals surface area contributed by atoms with Crippen molar-refractivity contribution in [3.63, 3.8) is 0 Å². The van der Waals surface area contributed by atoms with E-state index in [1.165, 1.54) is 4.41 Å². The van der Waals surface area contributed by atoms with Gasteiger partial charge in [-0.2, -0.15) is 9.84 Å². The predicted molar refractivity (Wildman–Crippen MR) is 90.7 cm³/mol. The molecule has 2 rings (SSSR count). The molecule has 0 saturated carbocycles. The molecule has 1 saturated heterocycles. The lowest BCUT2D eigenvalue weighted by atomic mass is 9.87. The third kappa shape index (κ3) is 4.33. The van der Waals surface area contributed by atoms with Gasteiger partial charge in [0.2, 0.25) is 0 Å². The third-order valence-corrected chi connectivity index (χ3v) is 4.29. The Morgan fingerprint density at radius 3 is 2.48 bits per heavy atom. The highest BCUT2D eigenvalue weighted by Crippen LogP contribution is 2.41. The number of hydrogen-bond acceptors (Lipinski definition) is 3. The molecule has 1 heterocycles. The van der Waals surface area contributed by atoms with E-state index in [9.17, 15) is 4.79 Å². The van der Waals surface area contributed by atoms with Crippen molar-refractivity contribution in [2.45, 2.75) is 29.3 Å². The van der Waals surface area contributed by atoms with Gasteiger partial charge in [-0.15, -0.1) is 0 Å². The number of nitrogens with one attached hydrogen (secondary N) is 1. The lowest BCUT2D eigenvalue weighted by Crippen LogP contribution is -2.31. The molecule has 8 heteroatoms. The molecule has 0 spiro atoms. The fourth-order valence-corrected chi connectivity index (χ4v) is 3.02. The van der Waals surface area contributed by atoms with Crippen LogP contribution < -0.4 is 10.3 Å². The van der Waals surface area contributed by atoms with Crippen LogP contribution in [0.15, 0.2) is 24.3 Å². The van der Waals surface area contributed by atoms with E-state index in [1.807, 2.05) is 24.3 Å². The topological polar surface area (TPSA) is 35.6 Å². The lowest BCUT2D eigenvalue weighted by Gasteiger charge is -2.22. The first-order valence-electron chi connectivity index (χ1n) is 6.29. The first-order valence-corrected chi connectivity index (χ1v) is 8.20. The van der Waals surface area contributed by atoms with Crippen LogP contribution in [0.1, 0.15) is 26.3 Å². The van der Waals surface area contributed by atoms with Crippen molar-refractivity contribution in [3.8, 4) is 0 Å². The van der Waals surface area contributed by atoms with Crippen LogP contribution in [-0.2, 0) is 5.41 Å². The predicted octanol–water partition coefficient (Wildman–Crippen LogP) is 4.66. The number of carbonyl (C=O) groups is 1. The van der Waals surface area contributed by atoms with Crippen molar-refractivity contribution in [3.05, 3.63) is 29.8 Å². The number of hydrogen-bond donors (Lipinski definition) is 1. The first kappa shape index (κ1) is 17.0. The molecule has 1 aliphatic heterocycles. The third-order valence-electron chi connectivity index (χ3n) is 3.00. The summed E-state index contributed by atoms with van der Waals surface area (Å²) in [5, 5.41) is 0.